The van der Waals surface area contributed by atoms with Crippen molar-refractivity contribution >= 4 is 34.4 Å². The van der Waals surface area contributed by atoms with E-state index >= 15 is 0 Å². The lowest BCUT2D eigenvalue weighted by Crippen LogP contribution is -2.63. The van der Waals surface area contributed by atoms with E-state index in [9.17, 15) is 14.7 Å². The molecule has 5 nitrogen and oxygen atoms in total. The van der Waals surface area contributed by atoms with Gasteiger partial charge >= 0.3 is 0 Å². The summed E-state index contributed by atoms with van der Waals surface area (Å²) in [7, 11) is 1.73. The number of aromatic hydroxyl groups is 1. The number of hydrogen-bond acceptors (Lipinski definition) is 3. The van der Waals surface area contributed by atoms with E-state index in [0.717, 1.165) is 3.57 Å². The molecule has 0 atom stereocenters. The van der Waals surface area contributed by atoms with Gasteiger partial charge in [-0.2, -0.15) is 0 Å². The van der Waals surface area contributed by atoms with Crippen molar-refractivity contribution in [3.8, 4) is 5.75 Å². The summed E-state index contributed by atoms with van der Waals surface area (Å²) in [6.07, 6.45) is 0. The fourth-order valence-corrected chi connectivity index (χ4v) is 2.89. The van der Waals surface area contributed by atoms with E-state index in [-0.39, 0.29) is 23.1 Å². The maximum atomic E-state index is 12.6. The number of amides is 2. The molecule has 0 unspecified atom stereocenters. The average molecular weight is 388 g/mol. The molecule has 20 heavy (non-hydrogen) atoms. The van der Waals surface area contributed by atoms with Crippen LogP contribution in [0.4, 0.5) is 0 Å². The van der Waals surface area contributed by atoms with Crippen molar-refractivity contribution in [2.45, 2.75) is 19.4 Å². The third kappa shape index (κ3) is 2.48. The topological polar surface area (TPSA) is 60.9 Å². The summed E-state index contributed by atoms with van der Waals surface area (Å²) in [5.41, 5.74) is -0.667. The molecule has 0 bridgehead atoms. The number of likely N-dealkylation sites (N-methyl/N-ethyl adjacent to an activating group) is 1. The molecule has 0 aliphatic carbocycles. The minimum absolute atomic E-state index is 0.0578. The zero-order valence-electron chi connectivity index (χ0n) is 11.7. The minimum Gasteiger partial charge on any atom is -0.507 e. The number of rotatable bonds is 1. The molecule has 1 aliphatic heterocycles. The van der Waals surface area contributed by atoms with Crippen LogP contribution in [0.2, 0.25) is 0 Å². The van der Waals surface area contributed by atoms with Gasteiger partial charge in [-0.05, 0) is 54.6 Å². The van der Waals surface area contributed by atoms with E-state index in [4.69, 9.17) is 0 Å². The Morgan fingerprint density at radius 1 is 1.35 bits per heavy atom. The normalized spacial score (nSPS) is 18.3. The number of carbonyl (C=O) groups is 2. The molecule has 0 aromatic heterocycles. The lowest BCUT2D eigenvalue weighted by atomic mass is 9.96. The Balaban J connectivity index is 2.38. The molecule has 1 saturated heterocycles. The predicted molar refractivity (Wildman–Crippen MR) is 83.6 cm³/mol. The van der Waals surface area contributed by atoms with Crippen LogP contribution in [0.15, 0.2) is 18.2 Å². The lowest BCUT2D eigenvalue weighted by molar-refractivity contribution is -0.144. The Bertz CT molecular complexity index is 572. The Kier molecular flexibility index (Phi) is 3.95. The van der Waals surface area contributed by atoms with Gasteiger partial charge in [0.1, 0.15) is 11.3 Å². The van der Waals surface area contributed by atoms with Gasteiger partial charge in [0.25, 0.3) is 5.91 Å². The molecule has 1 aromatic rings. The molecular weight excluding hydrogens is 371 g/mol. The second-order valence-corrected chi connectivity index (χ2v) is 6.65. The summed E-state index contributed by atoms with van der Waals surface area (Å²) >= 11 is 2.09. The zero-order chi connectivity index (χ0) is 15.1. The largest absolute Gasteiger partial charge is 0.507 e. The minimum atomic E-state index is -0.905. The van der Waals surface area contributed by atoms with Gasteiger partial charge in [0.05, 0.1) is 5.56 Å². The van der Waals surface area contributed by atoms with Crippen LogP contribution in [0.25, 0.3) is 0 Å². The highest BCUT2D eigenvalue weighted by atomic mass is 127. The lowest BCUT2D eigenvalue weighted by Gasteiger charge is -2.44. The van der Waals surface area contributed by atoms with Crippen LogP contribution in [0, 0.1) is 3.57 Å². The van der Waals surface area contributed by atoms with Gasteiger partial charge in [-0.1, -0.05) is 0 Å². The van der Waals surface area contributed by atoms with Crippen molar-refractivity contribution in [3.05, 3.63) is 27.3 Å². The van der Waals surface area contributed by atoms with Crippen LogP contribution in [-0.2, 0) is 4.79 Å². The number of benzene rings is 1. The van der Waals surface area contributed by atoms with Gasteiger partial charge in [0.2, 0.25) is 5.91 Å². The molecule has 2 rings (SSSR count). The van der Waals surface area contributed by atoms with E-state index < -0.39 is 5.54 Å². The monoisotopic (exact) mass is 388 g/mol. The molecular formula is C14H17IN2O3. The fourth-order valence-electron chi connectivity index (χ4n) is 2.39. The SMILES string of the molecule is CN1CCN(C(=O)c2cc(I)ccc2O)C(C)(C)C1=O. The number of piperazine rings is 1. The van der Waals surface area contributed by atoms with E-state index in [1.165, 1.54) is 11.0 Å². The van der Waals surface area contributed by atoms with E-state index in [1.54, 1.807) is 37.9 Å². The van der Waals surface area contributed by atoms with E-state index in [0.29, 0.717) is 13.1 Å². The van der Waals surface area contributed by atoms with Crippen molar-refractivity contribution in [1.29, 1.82) is 0 Å². The van der Waals surface area contributed by atoms with Crippen molar-refractivity contribution in [2.24, 2.45) is 0 Å². The maximum absolute atomic E-state index is 12.6. The summed E-state index contributed by atoms with van der Waals surface area (Å²) in [6, 6.07) is 4.87. The van der Waals surface area contributed by atoms with Gasteiger partial charge in [0.15, 0.2) is 0 Å². The Labute approximate surface area is 131 Å². The van der Waals surface area contributed by atoms with Gasteiger partial charge < -0.3 is 14.9 Å². The molecule has 1 aromatic carbocycles. The first kappa shape index (κ1) is 15.1. The smallest absolute Gasteiger partial charge is 0.258 e. The van der Waals surface area contributed by atoms with Crippen LogP contribution in [0.1, 0.15) is 24.2 Å². The molecule has 0 radical (unpaired) electrons. The maximum Gasteiger partial charge on any atom is 0.258 e. The molecule has 0 saturated carbocycles. The number of halogens is 1. The first-order chi connectivity index (χ1) is 9.25. The van der Waals surface area contributed by atoms with E-state index in [1.807, 2.05) is 0 Å². The van der Waals surface area contributed by atoms with Crippen LogP contribution < -0.4 is 0 Å². The summed E-state index contributed by atoms with van der Waals surface area (Å²) in [4.78, 5) is 28.0. The molecule has 0 spiro atoms. The molecule has 2 amide bonds. The number of hydrogen-bond donors (Lipinski definition) is 1. The van der Waals surface area contributed by atoms with Crippen molar-refractivity contribution in [1.82, 2.24) is 9.80 Å². The summed E-state index contributed by atoms with van der Waals surface area (Å²) in [5.74, 6) is -0.465. The van der Waals surface area contributed by atoms with Gasteiger partial charge in [-0.15, -0.1) is 0 Å². The van der Waals surface area contributed by atoms with Crippen molar-refractivity contribution < 1.29 is 14.7 Å². The average Bonchev–Trinajstić information content (AvgIpc) is 2.38. The quantitative estimate of drug-likeness (QED) is 0.745. The summed E-state index contributed by atoms with van der Waals surface area (Å²) in [6.45, 7) is 4.42. The highest BCUT2D eigenvalue weighted by Gasteiger charge is 2.43. The first-order valence-corrected chi connectivity index (χ1v) is 7.39. The van der Waals surface area contributed by atoms with Gasteiger partial charge in [-0.3, -0.25) is 9.59 Å². The van der Waals surface area contributed by atoms with Crippen LogP contribution in [0.5, 0.6) is 5.75 Å². The van der Waals surface area contributed by atoms with E-state index in [2.05, 4.69) is 22.6 Å². The Morgan fingerprint density at radius 3 is 2.65 bits per heavy atom. The number of carbonyl (C=O) groups excluding carboxylic acids is 2. The zero-order valence-corrected chi connectivity index (χ0v) is 13.8. The highest BCUT2D eigenvalue weighted by molar-refractivity contribution is 14.1. The van der Waals surface area contributed by atoms with Gasteiger partial charge in [-0.25, -0.2) is 0 Å². The molecule has 6 heteroatoms. The second-order valence-electron chi connectivity index (χ2n) is 5.40. The van der Waals surface area contributed by atoms with Crippen LogP contribution in [0.3, 0.4) is 0 Å². The Hall–Kier alpha value is -1.31. The molecule has 1 fully saturated rings. The summed E-state index contributed by atoms with van der Waals surface area (Å²) in [5, 5.41) is 9.88. The number of nitrogens with zero attached hydrogens (tertiary/aromatic N) is 2. The van der Waals surface area contributed by atoms with Crippen molar-refractivity contribution in [2.75, 3.05) is 20.1 Å². The standard InChI is InChI=1S/C14H17IN2O3/c1-14(2)13(20)16(3)6-7-17(14)12(19)10-8-9(15)4-5-11(10)18/h4-5,8,18H,6-7H2,1-3H3. The van der Waals surface area contributed by atoms with Crippen LogP contribution in [-0.4, -0.2) is 52.4 Å². The molecule has 1 heterocycles. The first-order valence-electron chi connectivity index (χ1n) is 6.31. The molecule has 1 N–H and O–H groups in total. The fraction of sp³-hybridized carbons (Fsp3) is 0.429. The number of phenols is 1. The third-order valence-corrected chi connectivity index (χ3v) is 4.31. The molecule has 108 valence electrons. The third-order valence-electron chi connectivity index (χ3n) is 3.64. The highest BCUT2D eigenvalue weighted by Crippen LogP contribution is 2.27. The van der Waals surface area contributed by atoms with Crippen LogP contribution >= 0.6 is 22.6 Å². The predicted octanol–water partition coefficient (Wildman–Crippen LogP) is 1.69. The Morgan fingerprint density at radius 2 is 2.00 bits per heavy atom. The number of phenolic OH excluding ortho intramolecular Hbond substituents is 1. The second kappa shape index (κ2) is 5.23. The van der Waals surface area contributed by atoms with Gasteiger partial charge in [0, 0.05) is 23.7 Å². The molecule has 1 aliphatic rings. The summed E-state index contributed by atoms with van der Waals surface area (Å²) < 4.78 is 0.863. The van der Waals surface area contributed by atoms with Crippen molar-refractivity contribution in [3.63, 3.8) is 0 Å².